The molecule has 0 aromatic heterocycles. The minimum Gasteiger partial charge on any atom is -0.497 e. The number of carbonyl (C=O) groups excluding carboxylic acids is 1. The van der Waals surface area contributed by atoms with Gasteiger partial charge in [0.2, 0.25) is 0 Å². The number of hydrogen-bond donors (Lipinski definition) is 1. The summed E-state index contributed by atoms with van der Waals surface area (Å²) >= 11 is 6.22. The van der Waals surface area contributed by atoms with Crippen LogP contribution in [0.2, 0.25) is 5.02 Å². The lowest BCUT2D eigenvalue weighted by Crippen LogP contribution is -2.48. The SMILES string of the molecule is COc1ccc(N2CCN(C(=O)c3ccc(Cl)c(S(=O)(=O)Nc4cccc(C)c4)c3)CC2)cc1. The van der Waals surface area contributed by atoms with E-state index in [4.69, 9.17) is 16.3 Å². The quantitative estimate of drug-likeness (QED) is 0.543. The molecule has 1 aliphatic rings. The molecule has 0 atom stereocenters. The van der Waals surface area contributed by atoms with Crippen molar-refractivity contribution in [3.8, 4) is 5.75 Å². The zero-order valence-corrected chi connectivity index (χ0v) is 20.6. The number of methoxy groups -OCH3 is 1. The summed E-state index contributed by atoms with van der Waals surface area (Å²) in [5.41, 5.74) is 2.70. The maximum absolute atomic E-state index is 13.2. The van der Waals surface area contributed by atoms with Crippen LogP contribution in [0.15, 0.2) is 71.6 Å². The molecule has 1 fully saturated rings. The van der Waals surface area contributed by atoms with Crippen LogP contribution in [-0.2, 0) is 10.0 Å². The van der Waals surface area contributed by atoms with E-state index in [-0.39, 0.29) is 21.4 Å². The third-order valence-electron chi connectivity index (χ3n) is 5.74. The highest BCUT2D eigenvalue weighted by atomic mass is 35.5. The van der Waals surface area contributed by atoms with Crippen molar-refractivity contribution < 1.29 is 17.9 Å². The zero-order valence-electron chi connectivity index (χ0n) is 19.0. The Balaban J connectivity index is 1.47. The molecule has 1 saturated heterocycles. The molecule has 0 saturated carbocycles. The highest BCUT2D eigenvalue weighted by Gasteiger charge is 2.25. The Hall–Kier alpha value is -3.23. The van der Waals surface area contributed by atoms with E-state index in [0.29, 0.717) is 31.9 Å². The Labute approximate surface area is 205 Å². The molecule has 1 heterocycles. The maximum Gasteiger partial charge on any atom is 0.263 e. The monoisotopic (exact) mass is 499 g/mol. The van der Waals surface area contributed by atoms with Gasteiger partial charge in [-0.2, -0.15) is 0 Å². The van der Waals surface area contributed by atoms with Crippen LogP contribution in [0.4, 0.5) is 11.4 Å². The van der Waals surface area contributed by atoms with Gasteiger partial charge in [-0.3, -0.25) is 9.52 Å². The van der Waals surface area contributed by atoms with Crippen molar-refractivity contribution in [2.75, 3.05) is 42.9 Å². The van der Waals surface area contributed by atoms with Crippen molar-refractivity contribution in [2.45, 2.75) is 11.8 Å². The number of sulfonamides is 1. The van der Waals surface area contributed by atoms with E-state index >= 15 is 0 Å². The molecule has 0 bridgehead atoms. The highest BCUT2D eigenvalue weighted by molar-refractivity contribution is 7.92. The summed E-state index contributed by atoms with van der Waals surface area (Å²) in [6, 6.07) is 19.2. The lowest BCUT2D eigenvalue weighted by Gasteiger charge is -2.36. The van der Waals surface area contributed by atoms with Gasteiger partial charge in [0.05, 0.1) is 12.1 Å². The number of halogens is 1. The fourth-order valence-corrected chi connectivity index (χ4v) is 5.48. The zero-order chi connectivity index (χ0) is 24.3. The van der Waals surface area contributed by atoms with E-state index in [1.54, 1.807) is 36.3 Å². The first-order valence-corrected chi connectivity index (χ1v) is 12.7. The second kappa shape index (κ2) is 9.95. The summed E-state index contributed by atoms with van der Waals surface area (Å²) in [6.07, 6.45) is 0. The van der Waals surface area contributed by atoms with Crippen LogP contribution in [0.25, 0.3) is 0 Å². The number of amides is 1. The molecular weight excluding hydrogens is 474 g/mol. The van der Waals surface area contributed by atoms with E-state index in [1.165, 1.54) is 12.1 Å². The first-order chi connectivity index (χ1) is 16.3. The third kappa shape index (κ3) is 5.29. The lowest BCUT2D eigenvalue weighted by molar-refractivity contribution is 0.0746. The molecule has 3 aromatic carbocycles. The summed E-state index contributed by atoms with van der Waals surface area (Å²) in [5, 5.41) is 0.0565. The van der Waals surface area contributed by atoms with Crippen LogP contribution < -0.4 is 14.4 Å². The van der Waals surface area contributed by atoms with Gasteiger partial charge in [0, 0.05) is 43.1 Å². The molecule has 7 nitrogen and oxygen atoms in total. The number of benzene rings is 3. The average molecular weight is 500 g/mol. The third-order valence-corrected chi connectivity index (χ3v) is 7.61. The van der Waals surface area contributed by atoms with Crippen LogP contribution in [0.1, 0.15) is 15.9 Å². The summed E-state index contributed by atoms with van der Waals surface area (Å²) in [5.74, 6) is 0.570. The van der Waals surface area contributed by atoms with Crippen LogP contribution in [0.3, 0.4) is 0 Å². The van der Waals surface area contributed by atoms with Gasteiger partial charge in [0.15, 0.2) is 0 Å². The topological polar surface area (TPSA) is 79.0 Å². The largest absolute Gasteiger partial charge is 0.497 e. The van der Waals surface area contributed by atoms with Crippen LogP contribution in [0.5, 0.6) is 5.75 Å². The molecule has 1 aliphatic heterocycles. The number of carbonyl (C=O) groups is 1. The predicted octanol–water partition coefficient (Wildman–Crippen LogP) is 4.42. The molecule has 0 radical (unpaired) electrons. The minimum atomic E-state index is -3.97. The van der Waals surface area contributed by atoms with Crippen LogP contribution >= 0.6 is 11.6 Å². The second-order valence-corrected chi connectivity index (χ2v) is 10.2. The Morgan fingerprint density at radius 2 is 1.68 bits per heavy atom. The van der Waals surface area contributed by atoms with E-state index in [2.05, 4.69) is 9.62 Å². The standard InChI is InChI=1S/C25H26ClN3O4S/c1-18-4-3-5-20(16-18)27-34(31,32)24-17-19(6-11-23(24)26)25(30)29-14-12-28(13-15-29)21-7-9-22(33-2)10-8-21/h3-11,16-17,27H,12-15H2,1-2H3. The number of hydrogen-bond acceptors (Lipinski definition) is 5. The molecule has 1 amide bonds. The minimum absolute atomic E-state index is 0.0565. The summed E-state index contributed by atoms with van der Waals surface area (Å²) in [4.78, 5) is 17.0. The fourth-order valence-electron chi connectivity index (χ4n) is 3.90. The van der Waals surface area contributed by atoms with E-state index < -0.39 is 10.0 Å². The van der Waals surface area contributed by atoms with Gasteiger partial charge in [0.1, 0.15) is 10.6 Å². The average Bonchev–Trinajstić information content (AvgIpc) is 2.84. The molecule has 9 heteroatoms. The van der Waals surface area contributed by atoms with E-state index in [1.807, 2.05) is 37.3 Å². The molecule has 34 heavy (non-hydrogen) atoms. The lowest BCUT2D eigenvalue weighted by atomic mass is 10.1. The molecule has 0 aliphatic carbocycles. The first-order valence-electron chi connectivity index (χ1n) is 10.8. The smallest absolute Gasteiger partial charge is 0.263 e. The molecule has 4 rings (SSSR count). The summed E-state index contributed by atoms with van der Waals surface area (Å²) < 4.78 is 33.7. The number of ether oxygens (including phenoxy) is 1. The number of piperazine rings is 1. The normalized spacial score (nSPS) is 14.1. The maximum atomic E-state index is 13.2. The number of nitrogens with one attached hydrogen (secondary N) is 1. The molecule has 3 aromatic rings. The Kier molecular flexibility index (Phi) is 7.00. The van der Waals surface area contributed by atoms with Crippen LogP contribution in [0, 0.1) is 6.92 Å². The van der Waals surface area contributed by atoms with Gasteiger partial charge in [-0.1, -0.05) is 23.7 Å². The molecule has 0 unspecified atom stereocenters. The molecule has 0 spiro atoms. The molecule has 1 N–H and O–H groups in total. The highest BCUT2D eigenvalue weighted by Crippen LogP contribution is 2.27. The van der Waals surface area contributed by atoms with Crippen molar-refractivity contribution in [1.29, 1.82) is 0 Å². The van der Waals surface area contributed by atoms with Gasteiger partial charge in [0.25, 0.3) is 15.9 Å². The molecule has 178 valence electrons. The molecular formula is C25H26ClN3O4S. The summed E-state index contributed by atoms with van der Waals surface area (Å²) in [7, 11) is -2.34. The second-order valence-electron chi connectivity index (χ2n) is 8.10. The van der Waals surface area contributed by atoms with Crippen molar-refractivity contribution in [3.05, 3.63) is 82.9 Å². The van der Waals surface area contributed by atoms with Gasteiger partial charge in [-0.05, 0) is 67.1 Å². The summed E-state index contributed by atoms with van der Waals surface area (Å²) in [6.45, 7) is 4.27. The fraction of sp³-hybridized carbons (Fsp3) is 0.240. The number of rotatable bonds is 6. The predicted molar refractivity (Wildman–Crippen MR) is 135 cm³/mol. The van der Waals surface area contributed by atoms with E-state index in [9.17, 15) is 13.2 Å². The first kappa shape index (κ1) is 23.9. The Bertz CT molecular complexity index is 1290. The Morgan fingerprint density at radius 1 is 0.971 bits per heavy atom. The number of anilines is 2. The van der Waals surface area contributed by atoms with Crippen molar-refractivity contribution >= 4 is 38.9 Å². The van der Waals surface area contributed by atoms with Crippen molar-refractivity contribution in [3.63, 3.8) is 0 Å². The number of aryl methyl sites for hydroxylation is 1. The van der Waals surface area contributed by atoms with Crippen LogP contribution in [-0.4, -0.2) is 52.5 Å². The number of nitrogens with zero attached hydrogens (tertiary/aromatic N) is 2. The van der Waals surface area contributed by atoms with E-state index in [0.717, 1.165) is 17.0 Å². The van der Waals surface area contributed by atoms with Gasteiger partial charge in [-0.15, -0.1) is 0 Å². The van der Waals surface area contributed by atoms with Gasteiger partial charge < -0.3 is 14.5 Å². The van der Waals surface area contributed by atoms with Crippen molar-refractivity contribution in [1.82, 2.24) is 4.90 Å². The van der Waals surface area contributed by atoms with Gasteiger partial charge in [-0.25, -0.2) is 8.42 Å². The Morgan fingerprint density at radius 3 is 2.32 bits per heavy atom. The van der Waals surface area contributed by atoms with Gasteiger partial charge >= 0.3 is 0 Å². The van der Waals surface area contributed by atoms with Crippen molar-refractivity contribution in [2.24, 2.45) is 0 Å².